The van der Waals surface area contributed by atoms with E-state index in [1.807, 2.05) is 6.92 Å². The van der Waals surface area contributed by atoms with Crippen molar-refractivity contribution in [1.29, 1.82) is 0 Å². The molecule has 2 aromatic heterocycles. The maximum Gasteiger partial charge on any atom is 0.421 e. The molecule has 0 aliphatic carbocycles. The van der Waals surface area contributed by atoms with Crippen LogP contribution in [0.25, 0.3) is 16.7 Å². The Morgan fingerprint density at radius 1 is 1.18 bits per heavy atom. The van der Waals surface area contributed by atoms with E-state index in [9.17, 15) is 26.4 Å². The van der Waals surface area contributed by atoms with Crippen LogP contribution in [0.4, 0.5) is 18.0 Å². The molecule has 0 fully saturated rings. The molecule has 0 radical (unpaired) electrons. The van der Waals surface area contributed by atoms with Gasteiger partial charge in [-0.2, -0.15) is 21.6 Å². The number of nitrogens with zero attached hydrogens (tertiary/aromatic N) is 4. The molecule has 2 aromatic carbocycles. The monoisotopic (exact) mass is 591 g/mol. The van der Waals surface area contributed by atoms with Crippen molar-refractivity contribution in [2.24, 2.45) is 7.05 Å². The summed E-state index contributed by atoms with van der Waals surface area (Å²) in [4.78, 5) is 19.9. The summed E-state index contributed by atoms with van der Waals surface area (Å²) in [6, 6.07) is 9.24. The van der Waals surface area contributed by atoms with Gasteiger partial charge in [0.2, 0.25) is 0 Å². The zero-order chi connectivity index (χ0) is 27.0. The standard InChI is InChI=1S/C23H21ClF3N5O4S.ClH/c1-3-20-29-18-10-16(23(25,26)27)17(24)11-19(18)32(20)15-6-4-14(5-7-15)8-9-36-22(33)30-37(34,35)21-12-31(2)13-28-21;/h4-7,10-13H,3,8-9H2,1-2H3,(H,30,33);1H. The Bertz CT molecular complexity index is 1570. The van der Waals surface area contributed by atoms with E-state index in [0.717, 1.165) is 11.6 Å². The van der Waals surface area contributed by atoms with E-state index >= 15 is 0 Å². The van der Waals surface area contributed by atoms with E-state index in [-0.39, 0.29) is 29.6 Å². The summed E-state index contributed by atoms with van der Waals surface area (Å²) in [6.45, 7) is 1.75. The molecule has 0 saturated carbocycles. The number of carbonyl (C=O) groups excluding carboxylic acids is 1. The van der Waals surface area contributed by atoms with Gasteiger partial charge in [0.15, 0.2) is 5.03 Å². The summed E-state index contributed by atoms with van der Waals surface area (Å²) in [6.07, 6.45) is -2.43. The molecule has 0 saturated heterocycles. The fourth-order valence-electron chi connectivity index (χ4n) is 3.68. The molecule has 2 heterocycles. The number of carbonyl (C=O) groups is 1. The number of hydrogen-bond acceptors (Lipinski definition) is 6. The minimum absolute atomic E-state index is 0. The number of aryl methyl sites for hydroxylation is 2. The molecule has 0 aliphatic rings. The Labute approximate surface area is 227 Å². The lowest BCUT2D eigenvalue weighted by Gasteiger charge is -2.12. The van der Waals surface area contributed by atoms with Gasteiger partial charge in [-0.05, 0) is 29.8 Å². The Balaban J connectivity index is 0.00000400. The number of hydrogen-bond donors (Lipinski definition) is 1. The number of aromatic nitrogens is 4. The Kier molecular flexibility index (Phi) is 8.64. The second-order valence-corrected chi connectivity index (χ2v) is 10.1. The SMILES string of the molecule is CCc1nc2cc(C(F)(F)F)c(Cl)cc2n1-c1ccc(CCOC(=O)NS(=O)(=O)c2cn(C)cn2)cc1.Cl. The highest BCUT2D eigenvalue weighted by Gasteiger charge is 2.34. The van der Waals surface area contributed by atoms with E-state index in [0.29, 0.717) is 29.9 Å². The minimum Gasteiger partial charge on any atom is -0.448 e. The van der Waals surface area contributed by atoms with Crippen LogP contribution in [0.5, 0.6) is 0 Å². The second kappa shape index (κ2) is 11.2. The van der Waals surface area contributed by atoms with Gasteiger partial charge in [0.25, 0.3) is 10.0 Å². The van der Waals surface area contributed by atoms with Crippen LogP contribution in [0.15, 0.2) is 53.9 Å². The molecule has 38 heavy (non-hydrogen) atoms. The highest BCUT2D eigenvalue weighted by atomic mass is 35.5. The predicted molar refractivity (Wildman–Crippen MR) is 136 cm³/mol. The second-order valence-electron chi connectivity index (χ2n) is 8.07. The molecule has 0 unspecified atom stereocenters. The predicted octanol–water partition coefficient (Wildman–Crippen LogP) is 5.07. The van der Waals surface area contributed by atoms with Gasteiger partial charge in [0.05, 0.1) is 34.6 Å². The maximum absolute atomic E-state index is 13.3. The average Bonchev–Trinajstić information content (AvgIpc) is 3.41. The van der Waals surface area contributed by atoms with Gasteiger partial charge in [-0.25, -0.2) is 19.5 Å². The molecule has 1 N–H and O–H groups in total. The molecular formula is C23H22Cl2F3N5O4S. The van der Waals surface area contributed by atoms with E-state index in [4.69, 9.17) is 16.3 Å². The average molecular weight is 592 g/mol. The van der Waals surface area contributed by atoms with Crippen molar-refractivity contribution in [2.45, 2.75) is 31.0 Å². The van der Waals surface area contributed by atoms with Crippen molar-refractivity contribution in [3.05, 3.63) is 70.9 Å². The molecule has 0 aliphatic heterocycles. The molecular weight excluding hydrogens is 570 g/mol. The van der Waals surface area contributed by atoms with Gasteiger partial charge >= 0.3 is 12.3 Å². The van der Waals surface area contributed by atoms with Gasteiger partial charge < -0.3 is 9.30 Å². The molecule has 0 bridgehead atoms. The lowest BCUT2D eigenvalue weighted by molar-refractivity contribution is -0.137. The number of nitrogens with one attached hydrogen (secondary N) is 1. The van der Waals surface area contributed by atoms with Crippen molar-refractivity contribution in [1.82, 2.24) is 23.8 Å². The first-order valence-corrected chi connectivity index (χ1v) is 12.8. The third kappa shape index (κ3) is 6.22. The number of fused-ring (bicyclic) bond motifs is 1. The van der Waals surface area contributed by atoms with Crippen LogP contribution in [0.3, 0.4) is 0 Å². The smallest absolute Gasteiger partial charge is 0.421 e. The molecule has 204 valence electrons. The minimum atomic E-state index is -4.59. The van der Waals surface area contributed by atoms with Crippen molar-refractivity contribution < 1.29 is 31.1 Å². The van der Waals surface area contributed by atoms with E-state index < -0.39 is 32.9 Å². The zero-order valence-electron chi connectivity index (χ0n) is 20.0. The fraction of sp³-hybridized carbons (Fsp3) is 0.261. The van der Waals surface area contributed by atoms with Gasteiger partial charge in [-0.1, -0.05) is 30.7 Å². The highest BCUT2D eigenvalue weighted by molar-refractivity contribution is 7.90. The van der Waals surface area contributed by atoms with Crippen molar-refractivity contribution >= 4 is 51.2 Å². The quantitative estimate of drug-likeness (QED) is 0.321. The lowest BCUT2D eigenvalue weighted by Crippen LogP contribution is -2.31. The largest absolute Gasteiger partial charge is 0.448 e. The Hall–Kier alpha value is -3.29. The van der Waals surface area contributed by atoms with Crippen LogP contribution >= 0.6 is 24.0 Å². The van der Waals surface area contributed by atoms with Crippen LogP contribution in [0, 0.1) is 0 Å². The van der Waals surface area contributed by atoms with Crippen LogP contribution in [-0.2, 0) is 40.8 Å². The van der Waals surface area contributed by atoms with Crippen LogP contribution < -0.4 is 4.72 Å². The zero-order valence-corrected chi connectivity index (χ0v) is 22.4. The summed E-state index contributed by atoms with van der Waals surface area (Å²) in [5.74, 6) is 0.562. The van der Waals surface area contributed by atoms with Crippen molar-refractivity contribution in [3.63, 3.8) is 0 Å². The number of amides is 1. The number of rotatable bonds is 7. The number of imidazole rings is 2. The van der Waals surface area contributed by atoms with E-state index in [1.165, 1.54) is 23.2 Å². The van der Waals surface area contributed by atoms with Gasteiger partial charge in [0, 0.05) is 31.8 Å². The molecule has 0 spiro atoms. The fourth-order valence-corrected chi connectivity index (χ4v) is 4.82. The molecule has 9 nitrogen and oxygen atoms in total. The first-order chi connectivity index (χ1) is 17.4. The third-order valence-electron chi connectivity index (χ3n) is 5.43. The topological polar surface area (TPSA) is 108 Å². The first kappa shape index (κ1) is 29.3. The highest BCUT2D eigenvalue weighted by Crippen LogP contribution is 2.37. The van der Waals surface area contributed by atoms with Crippen LogP contribution in [0.2, 0.25) is 5.02 Å². The van der Waals surface area contributed by atoms with Gasteiger partial charge in [-0.15, -0.1) is 12.4 Å². The normalized spacial score (nSPS) is 11.8. The maximum atomic E-state index is 13.3. The number of sulfonamides is 1. The lowest BCUT2D eigenvalue weighted by atomic mass is 10.1. The Morgan fingerprint density at radius 3 is 2.45 bits per heavy atom. The first-order valence-electron chi connectivity index (χ1n) is 10.9. The van der Waals surface area contributed by atoms with Gasteiger partial charge in [0.1, 0.15) is 5.82 Å². The number of halogens is 5. The van der Waals surface area contributed by atoms with E-state index in [2.05, 4.69) is 9.97 Å². The summed E-state index contributed by atoms with van der Waals surface area (Å²) < 4.78 is 73.9. The molecule has 1 amide bonds. The van der Waals surface area contributed by atoms with Crippen molar-refractivity contribution in [3.8, 4) is 5.69 Å². The summed E-state index contributed by atoms with van der Waals surface area (Å²) in [7, 11) is -2.55. The number of alkyl halides is 3. The third-order valence-corrected chi connectivity index (χ3v) is 6.94. The van der Waals surface area contributed by atoms with Crippen LogP contribution in [-0.4, -0.2) is 40.2 Å². The summed E-state index contributed by atoms with van der Waals surface area (Å²) in [5, 5.41) is -0.724. The molecule has 4 rings (SSSR count). The summed E-state index contributed by atoms with van der Waals surface area (Å²) >= 11 is 5.93. The van der Waals surface area contributed by atoms with Crippen LogP contribution in [0.1, 0.15) is 23.9 Å². The van der Waals surface area contributed by atoms with Gasteiger partial charge in [-0.3, -0.25) is 4.57 Å². The molecule has 0 atom stereocenters. The number of ether oxygens (including phenoxy) is 1. The Morgan fingerprint density at radius 2 is 1.87 bits per heavy atom. The molecule has 15 heteroatoms. The van der Waals surface area contributed by atoms with E-state index in [1.54, 1.807) is 40.6 Å². The summed E-state index contributed by atoms with van der Waals surface area (Å²) in [5.41, 5.74) is 1.12. The van der Waals surface area contributed by atoms with Crippen molar-refractivity contribution in [2.75, 3.05) is 6.61 Å². The molecule has 4 aromatic rings. The number of benzene rings is 2.